The lowest BCUT2D eigenvalue weighted by Crippen LogP contribution is -2.21. The summed E-state index contributed by atoms with van der Waals surface area (Å²) in [4.78, 5) is 14.7. The molecule has 0 aliphatic carbocycles. The van der Waals surface area contributed by atoms with Gasteiger partial charge in [-0.25, -0.2) is 5.43 Å². The third-order valence-corrected chi connectivity index (χ3v) is 6.05. The van der Waals surface area contributed by atoms with Crippen molar-refractivity contribution in [1.82, 2.24) is 9.99 Å². The molecule has 0 fully saturated rings. The van der Waals surface area contributed by atoms with Crippen molar-refractivity contribution in [2.24, 2.45) is 5.10 Å². The summed E-state index contributed by atoms with van der Waals surface area (Å²) in [5, 5.41) is 14.4. The Morgan fingerprint density at radius 1 is 0.971 bits per heavy atom. The number of phenolic OH excluding ortho intramolecular Hbond substituents is 1. The summed E-state index contributed by atoms with van der Waals surface area (Å²) >= 11 is 0. The second-order valence-corrected chi connectivity index (χ2v) is 8.22. The molecule has 6 nitrogen and oxygen atoms in total. The van der Waals surface area contributed by atoms with Crippen LogP contribution in [0.15, 0.2) is 90.0 Å². The lowest BCUT2D eigenvalue weighted by Gasteiger charge is -2.21. The normalized spacial score (nSPS) is 11.1. The molecule has 2 N–H and O–H groups in total. The van der Waals surface area contributed by atoms with E-state index in [0.717, 1.165) is 41.4 Å². The van der Waals surface area contributed by atoms with Gasteiger partial charge in [0.05, 0.1) is 11.9 Å². The highest BCUT2D eigenvalue weighted by Crippen LogP contribution is 2.27. The molecule has 0 aliphatic heterocycles. The molecule has 3 aromatic carbocycles. The summed E-state index contributed by atoms with van der Waals surface area (Å²) < 4.78 is 2.17. The maximum atomic E-state index is 12.6. The predicted octanol–water partition coefficient (Wildman–Crippen LogP) is 5.77. The van der Waals surface area contributed by atoms with Crippen LogP contribution in [0.2, 0.25) is 0 Å². The largest absolute Gasteiger partial charge is 0.507 e. The molecule has 1 heterocycles. The number of aromatic nitrogens is 1. The number of carbonyl (C=O) groups is 1. The molecule has 0 bridgehead atoms. The number of aryl methyl sites for hydroxylation is 1. The molecule has 0 unspecified atom stereocenters. The molecule has 1 amide bonds. The molecule has 178 valence electrons. The first-order chi connectivity index (χ1) is 17.0. The average molecular weight is 467 g/mol. The molecular weight excluding hydrogens is 436 g/mol. The summed E-state index contributed by atoms with van der Waals surface area (Å²) in [6.45, 7) is 7.91. The van der Waals surface area contributed by atoms with E-state index in [-0.39, 0.29) is 11.7 Å². The molecule has 0 atom stereocenters. The molecule has 6 heteroatoms. The van der Waals surface area contributed by atoms with Gasteiger partial charge in [0.25, 0.3) is 5.91 Å². The number of phenols is 1. The molecule has 0 saturated carbocycles. The van der Waals surface area contributed by atoms with Gasteiger partial charge in [0.1, 0.15) is 5.75 Å². The number of nitrogens with one attached hydrogen (secondary N) is 1. The first-order valence-corrected chi connectivity index (χ1v) is 11.8. The lowest BCUT2D eigenvalue weighted by atomic mass is 10.1. The first kappa shape index (κ1) is 23.8. The zero-order valence-corrected chi connectivity index (χ0v) is 20.3. The Kier molecular flexibility index (Phi) is 7.31. The summed E-state index contributed by atoms with van der Waals surface area (Å²) in [6.07, 6.45) is 1.45. The van der Waals surface area contributed by atoms with E-state index in [1.165, 1.54) is 6.21 Å². The van der Waals surface area contributed by atoms with Crippen molar-refractivity contribution in [2.45, 2.75) is 20.8 Å². The second kappa shape index (κ2) is 10.7. The van der Waals surface area contributed by atoms with Gasteiger partial charge in [-0.15, -0.1) is 0 Å². The number of hydrogen-bond donors (Lipinski definition) is 2. The minimum absolute atomic E-state index is 0.119. The summed E-state index contributed by atoms with van der Waals surface area (Å²) in [7, 11) is 0. The van der Waals surface area contributed by atoms with Gasteiger partial charge in [0, 0.05) is 47.4 Å². The number of anilines is 1. The second-order valence-electron chi connectivity index (χ2n) is 8.22. The van der Waals surface area contributed by atoms with Crippen molar-refractivity contribution in [3.8, 4) is 22.7 Å². The number of nitrogens with zero attached hydrogens (tertiary/aromatic N) is 3. The summed E-state index contributed by atoms with van der Waals surface area (Å²) in [5.74, 6) is -0.201. The van der Waals surface area contributed by atoms with Crippen LogP contribution in [0.3, 0.4) is 0 Å². The Hall–Kier alpha value is -4.32. The zero-order valence-electron chi connectivity index (χ0n) is 20.3. The number of rotatable bonds is 8. The van der Waals surface area contributed by atoms with Crippen molar-refractivity contribution in [3.05, 3.63) is 102 Å². The van der Waals surface area contributed by atoms with Crippen molar-refractivity contribution >= 4 is 17.8 Å². The Balaban J connectivity index is 1.45. The lowest BCUT2D eigenvalue weighted by molar-refractivity contribution is 0.0955. The van der Waals surface area contributed by atoms with E-state index >= 15 is 0 Å². The van der Waals surface area contributed by atoms with Gasteiger partial charge in [0.2, 0.25) is 0 Å². The van der Waals surface area contributed by atoms with E-state index < -0.39 is 0 Å². The molecule has 4 aromatic rings. The van der Waals surface area contributed by atoms with E-state index in [1.807, 2.05) is 36.4 Å². The van der Waals surface area contributed by atoms with Crippen LogP contribution in [-0.4, -0.2) is 34.9 Å². The zero-order chi connectivity index (χ0) is 24.8. The minimum Gasteiger partial charge on any atom is -0.507 e. The van der Waals surface area contributed by atoms with Crippen LogP contribution in [0.25, 0.3) is 16.9 Å². The fraction of sp³-hybridized carbons (Fsp3) is 0.172. The van der Waals surface area contributed by atoms with Gasteiger partial charge in [-0.3, -0.25) is 4.79 Å². The number of aromatic hydroxyl groups is 1. The number of hydrogen-bond acceptors (Lipinski definition) is 4. The fourth-order valence-electron chi connectivity index (χ4n) is 4.13. The number of carbonyl (C=O) groups excluding carboxylic acids is 1. The van der Waals surface area contributed by atoms with E-state index in [4.69, 9.17) is 0 Å². The average Bonchev–Trinajstić information content (AvgIpc) is 3.28. The van der Waals surface area contributed by atoms with Gasteiger partial charge in [-0.2, -0.15) is 5.10 Å². The van der Waals surface area contributed by atoms with Crippen molar-refractivity contribution in [3.63, 3.8) is 0 Å². The number of amides is 1. The summed E-state index contributed by atoms with van der Waals surface area (Å²) in [5.41, 5.74) is 8.83. The third kappa shape index (κ3) is 5.27. The Morgan fingerprint density at radius 3 is 2.34 bits per heavy atom. The highest BCUT2D eigenvalue weighted by atomic mass is 16.3. The minimum atomic E-state index is -0.320. The van der Waals surface area contributed by atoms with Crippen LogP contribution in [-0.2, 0) is 0 Å². The van der Waals surface area contributed by atoms with Gasteiger partial charge in [0.15, 0.2) is 0 Å². The maximum Gasteiger partial charge on any atom is 0.271 e. The van der Waals surface area contributed by atoms with Crippen molar-refractivity contribution < 1.29 is 9.90 Å². The SMILES string of the molecule is CCN(CC)c1ccc(/C=N\NC(=O)c2ccc(-n3c(C)ccc3-c3ccccc3)cc2)c(O)c1. The molecule has 35 heavy (non-hydrogen) atoms. The van der Waals surface area contributed by atoms with E-state index in [1.54, 1.807) is 24.3 Å². The van der Waals surface area contributed by atoms with Crippen LogP contribution >= 0.6 is 0 Å². The number of benzene rings is 3. The van der Waals surface area contributed by atoms with Gasteiger partial charge in [-0.05, 0) is 74.9 Å². The van der Waals surface area contributed by atoms with Gasteiger partial charge < -0.3 is 14.6 Å². The smallest absolute Gasteiger partial charge is 0.271 e. The molecule has 1 aromatic heterocycles. The molecule has 0 saturated heterocycles. The van der Waals surface area contributed by atoms with Crippen molar-refractivity contribution in [2.75, 3.05) is 18.0 Å². The maximum absolute atomic E-state index is 12.6. The standard InChI is InChI=1S/C29H30N4O2/c1-4-32(5-2)26-17-14-24(28(34)19-26)20-30-31-29(35)23-12-15-25(16-13-23)33-21(3)11-18-27(33)22-9-7-6-8-10-22/h6-20,34H,4-5H2,1-3H3,(H,31,35)/b30-20-. The molecule has 0 radical (unpaired) electrons. The Labute approximate surface area is 206 Å². The van der Waals surface area contributed by atoms with Crippen molar-refractivity contribution in [1.29, 1.82) is 0 Å². The highest BCUT2D eigenvalue weighted by molar-refractivity contribution is 5.95. The summed E-state index contributed by atoms with van der Waals surface area (Å²) in [6, 6.07) is 27.2. The highest BCUT2D eigenvalue weighted by Gasteiger charge is 2.11. The number of hydrazone groups is 1. The Bertz CT molecular complexity index is 1320. The molecular formula is C29H30N4O2. The van der Waals surface area contributed by atoms with E-state index in [2.05, 4.69) is 65.0 Å². The van der Waals surface area contributed by atoms with Gasteiger partial charge >= 0.3 is 0 Å². The first-order valence-electron chi connectivity index (χ1n) is 11.8. The van der Waals surface area contributed by atoms with Crippen LogP contribution < -0.4 is 10.3 Å². The quantitative estimate of drug-likeness (QED) is 0.256. The monoisotopic (exact) mass is 466 g/mol. The topological polar surface area (TPSA) is 69.9 Å². The van der Waals surface area contributed by atoms with Crippen LogP contribution in [0.1, 0.15) is 35.5 Å². The van der Waals surface area contributed by atoms with E-state index in [0.29, 0.717) is 11.1 Å². The van der Waals surface area contributed by atoms with Gasteiger partial charge in [-0.1, -0.05) is 30.3 Å². The van der Waals surface area contributed by atoms with Crippen LogP contribution in [0.4, 0.5) is 5.69 Å². The Morgan fingerprint density at radius 2 is 1.69 bits per heavy atom. The van der Waals surface area contributed by atoms with E-state index in [9.17, 15) is 9.90 Å². The molecule has 0 spiro atoms. The fourth-order valence-corrected chi connectivity index (χ4v) is 4.13. The third-order valence-electron chi connectivity index (χ3n) is 6.05. The molecule has 4 rings (SSSR count). The molecule has 0 aliphatic rings. The van der Waals surface area contributed by atoms with Crippen LogP contribution in [0.5, 0.6) is 5.75 Å². The predicted molar refractivity (Wildman–Crippen MR) is 143 cm³/mol. The van der Waals surface area contributed by atoms with Crippen LogP contribution in [0, 0.1) is 6.92 Å².